The van der Waals surface area contributed by atoms with Crippen molar-refractivity contribution in [2.75, 3.05) is 32.9 Å². The van der Waals surface area contributed by atoms with Gasteiger partial charge in [0.25, 0.3) is 0 Å². The molecule has 96 valence electrons. The third-order valence-corrected chi connectivity index (χ3v) is 1.51. The summed E-state index contributed by atoms with van der Waals surface area (Å²) in [7, 11) is 0. The number of ether oxygens (including phenoxy) is 1. The van der Waals surface area contributed by atoms with Crippen molar-refractivity contribution in [2.45, 2.75) is 6.04 Å². The third kappa shape index (κ3) is 8.49. The van der Waals surface area contributed by atoms with E-state index in [-0.39, 0.29) is 18.6 Å². The molecule has 0 aliphatic carbocycles. The SMILES string of the molecule is NC(CO)C(=O)OCCNCCON(O)O. The maximum atomic E-state index is 10.9. The number of aliphatic hydroxyl groups is 1. The molecule has 9 heteroatoms. The lowest BCUT2D eigenvalue weighted by molar-refractivity contribution is -0.491. The minimum Gasteiger partial charge on any atom is -0.463 e. The molecule has 1 unspecified atom stereocenters. The predicted molar refractivity (Wildman–Crippen MR) is 50.3 cm³/mol. The van der Waals surface area contributed by atoms with Gasteiger partial charge < -0.3 is 20.9 Å². The van der Waals surface area contributed by atoms with Gasteiger partial charge in [0.15, 0.2) is 0 Å². The molecule has 1 atom stereocenters. The highest BCUT2D eigenvalue weighted by Crippen LogP contribution is 1.83. The van der Waals surface area contributed by atoms with Gasteiger partial charge in [-0.2, -0.15) is 0 Å². The van der Waals surface area contributed by atoms with E-state index in [1.165, 1.54) is 0 Å². The molecular formula is C7H17N3O6. The van der Waals surface area contributed by atoms with Crippen LogP contribution in [0.25, 0.3) is 0 Å². The number of nitrogens with one attached hydrogen (secondary N) is 1. The molecule has 0 aromatic rings. The van der Waals surface area contributed by atoms with Crippen molar-refractivity contribution < 1.29 is 29.9 Å². The topological polar surface area (TPSA) is 138 Å². The zero-order valence-corrected chi connectivity index (χ0v) is 8.70. The number of nitrogens with zero attached hydrogens (tertiary/aromatic N) is 1. The van der Waals surface area contributed by atoms with E-state index in [1.807, 2.05) is 0 Å². The molecule has 0 saturated carbocycles. The van der Waals surface area contributed by atoms with Crippen LogP contribution in [0.15, 0.2) is 0 Å². The molecule has 9 nitrogen and oxygen atoms in total. The lowest BCUT2D eigenvalue weighted by Gasteiger charge is -2.10. The molecule has 0 aromatic heterocycles. The smallest absolute Gasteiger partial charge is 0.325 e. The molecule has 0 bridgehead atoms. The maximum absolute atomic E-state index is 10.9. The average Bonchev–Trinajstić information content (AvgIpc) is 2.25. The van der Waals surface area contributed by atoms with E-state index in [4.69, 9.17) is 21.3 Å². The number of esters is 1. The molecule has 0 aliphatic heterocycles. The maximum Gasteiger partial charge on any atom is 0.325 e. The number of aliphatic hydroxyl groups excluding tert-OH is 1. The van der Waals surface area contributed by atoms with Crippen LogP contribution in [0.1, 0.15) is 0 Å². The normalized spacial score (nSPS) is 12.8. The van der Waals surface area contributed by atoms with Gasteiger partial charge in [-0.05, 0) is 0 Å². The van der Waals surface area contributed by atoms with Crippen LogP contribution in [0.3, 0.4) is 0 Å². The molecule has 0 rings (SSSR count). The Morgan fingerprint density at radius 3 is 2.56 bits per heavy atom. The number of hydrogen-bond acceptors (Lipinski definition) is 9. The summed E-state index contributed by atoms with van der Waals surface area (Å²) in [6.07, 6.45) is 0. The number of rotatable bonds is 9. The summed E-state index contributed by atoms with van der Waals surface area (Å²) < 4.78 is 4.69. The molecule has 0 heterocycles. The molecule has 0 radical (unpaired) electrons. The fourth-order valence-electron chi connectivity index (χ4n) is 0.730. The molecule has 0 fully saturated rings. The van der Waals surface area contributed by atoms with E-state index in [2.05, 4.69) is 14.9 Å². The largest absolute Gasteiger partial charge is 0.463 e. The quantitative estimate of drug-likeness (QED) is 0.167. The summed E-state index contributed by atoms with van der Waals surface area (Å²) in [5.74, 6) is -0.669. The summed E-state index contributed by atoms with van der Waals surface area (Å²) in [6, 6.07) is -1.01. The van der Waals surface area contributed by atoms with Crippen molar-refractivity contribution in [3.63, 3.8) is 0 Å². The Hall–Kier alpha value is -0.810. The minimum absolute atomic E-state index is 0.0527. The summed E-state index contributed by atoms with van der Waals surface area (Å²) in [5, 5.41) is 27.2. The lowest BCUT2D eigenvalue weighted by Crippen LogP contribution is -2.37. The highest BCUT2D eigenvalue weighted by atomic mass is 17.1. The van der Waals surface area contributed by atoms with Gasteiger partial charge in [0.2, 0.25) is 0 Å². The molecule has 0 spiro atoms. The van der Waals surface area contributed by atoms with Crippen molar-refractivity contribution in [1.82, 2.24) is 10.7 Å². The van der Waals surface area contributed by atoms with Gasteiger partial charge in [-0.1, -0.05) is 0 Å². The second kappa shape index (κ2) is 9.42. The Bertz CT molecular complexity index is 191. The van der Waals surface area contributed by atoms with Crippen molar-refractivity contribution in [3.8, 4) is 0 Å². The van der Waals surface area contributed by atoms with E-state index in [0.29, 0.717) is 13.1 Å². The zero-order valence-electron chi connectivity index (χ0n) is 8.70. The zero-order chi connectivity index (χ0) is 12.4. The third-order valence-electron chi connectivity index (χ3n) is 1.51. The van der Waals surface area contributed by atoms with Crippen LogP contribution in [-0.4, -0.2) is 65.8 Å². The van der Waals surface area contributed by atoms with Crippen LogP contribution in [0.5, 0.6) is 0 Å². The predicted octanol–water partition coefficient (Wildman–Crippen LogP) is -2.55. The summed E-state index contributed by atoms with van der Waals surface area (Å²) in [6.45, 7) is 0.417. The van der Waals surface area contributed by atoms with Gasteiger partial charge in [0.1, 0.15) is 12.6 Å². The fourth-order valence-corrected chi connectivity index (χ4v) is 0.730. The van der Waals surface area contributed by atoms with E-state index >= 15 is 0 Å². The summed E-state index contributed by atoms with van der Waals surface area (Å²) in [5.41, 5.74) is 5.19. The first kappa shape index (κ1) is 15.2. The van der Waals surface area contributed by atoms with Gasteiger partial charge in [0, 0.05) is 13.1 Å². The van der Waals surface area contributed by atoms with Crippen LogP contribution in [-0.2, 0) is 14.4 Å². The summed E-state index contributed by atoms with van der Waals surface area (Å²) in [4.78, 5) is 15.2. The Kier molecular flexibility index (Phi) is 8.94. The van der Waals surface area contributed by atoms with Crippen LogP contribution in [0.2, 0.25) is 0 Å². The van der Waals surface area contributed by atoms with Crippen molar-refractivity contribution >= 4 is 5.97 Å². The lowest BCUT2D eigenvalue weighted by atomic mass is 10.3. The molecule has 0 aliphatic rings. The molecule has 0 saturated heterocycles. The first-order valence-corrected chi connectivity index (χ1v) is 4.62. The summed E-state index contributed by atoms with van der Waals surface area (Å²) >= 11 is 0. The Morgan fingerprint density at radius 1 is 1.38 bits per heavy atom. The van der Waals surface area contributed by atoms with Gasteiger partial charge in [-0.3, -0.25) is 15.2 Å². The highest BCUT2D eigenvalue weighted by Gasteiger charge is 2.12. The second-order valence-corrected chi connectivity index (χ2v) is 2.79. The minimum atomic E-state index is -1.01. The second-order valence-electron chi connectivity index (χ2n) is 2.79. The van der Waals surface area contributed by atoms with Crippen molar-refractivity contribution in [1.29, 1.82) is 0 Å². The highest BCUT2D eigenvalue weighted by molar-refractivity contribution is 5.75. The van der Waals surface area contributed by atoms with E-state index in [9.17, 15) is 4.79 Å². The van der Waals surface area contributed by atoms with Gasteiger partial charge in [-0.15, -0.1) is 0 Å². The molecule has 16 heavy (non-hydrogen) atoms. The Balaban J connectivity index is 3.24. The first-order chi connectivity index (χ1) is 7.57. The molecular weight excluding hydrogens is 222 g/mol. The van der Waals surface area contributed by atoms with Crippen molar-refractivity contribution in [2.24, 2.45) is 5.73 Å². The number of carbonyl (C=O) groups excluding carboxylic acids is 1. The average molecular weight is 239 g/mol. The number of nitrogens with two attached hydrogens (primary N) is 1. The van der Waals surface area contributed by atoms with Crippen molar-refractivity contribution in [3.05, 3.63) is 0 Å². The monoisotopic (exact) mass is 239 g/mol. The van der Waals surface area contributed by atoms with E-state index < -0.39 is 18.6 Å². The van der Waals surface area contributed by atoms with E-state index in [1.54, 1.807) is 0 Å². The van der Waals surface area contributed by atoms with Crippen LogP contribution >= 0.6 is 0 Å². The molecule has 0 aromatic carbocycles. The van der Waals surface area contributed by atoms with Crippen LogP contribution < -0.4 is 11.1 Å². The van der Waals surface area contributed by atoms with Gasteiger partial charge in [-0.25, -0.2) is 4.84 Å². The van der Waals surface area contributed by atoms with Gasteiger partial charge >= 0.3 is 5.97 Å². The van der Waals surface area contributed by atoms with Crippen LogP contribution in [0.4, 0.5) is 0 Å². The standard InChI is InChI=1S/C7H17N3O6/c8-6(5-11)7(12)15-3-1-9-2-4-16-10(13)14/h6,9,11,13-14H,1-5,8H2. The first-order valence-electron chi connectivity index (χ1n) is 4.62. The van der Waals surface area contributed by atoms with E-state index in [0.717, 1.165) is 0 Å². The molecule has 0 amide bonds. The molecule has 6 N–H and O–H groups in total. The fraction of sp³-hybridized carbons (Fsp3) is 0.857. The number of hydrogen-bond donors (Lipinski definition) is 5. The van der Waals surface area contributed by atoms with Gasteiger partial charge in [0.05, 0.1) is 18.6 Å². The number of carbonyl (C=O) groups is 1. The Morgan fingerprint density at radius 2 is 2.00 bits per heavy atom. The van der Waals surface area contributed by atoms with Crippen LogP contribution in [0, 0.1) is 0 Å². The Labute approximate surface area is 92.2 Å².